The van der Waals surface area contributed by atoms with Crippen molar-refractivity contribution < 1.29 is 14.4 Å². The van der Waals surface area contributed by atoms with Crippen LogP contribution >= 0.6 is 0 Å². The quantitative estimate of drug-likeness (QED) is 0.636. The summed E-state index contributed by atoms with van der Waals surface area (Å²) in [6.07, 6.45) is 2.61. The summed E-state index contributed by atoms with van der Waals surface area (Å²) >= 11 is 0. The van der Waals surface area contributed by atoms with Crippen molar-refractivity contribution in [2.45, 2.75) is 19.3 Å². The molecule has 0 atom stereocenters. The van der Waals surface area contributed by atoms with Crippen LogP contribution in [0.2, 0.25) is 0 Å². The molecule has 130 valence electrons. The molecule has 0 radical (unpaired) electrons. The zero-order chi connectivity index (χ0) is 17.5. The Kier molecular flexibility index (Phi) is 6.31. The van der Waals surface area contributed by atoms with Crippen LogP contribution in [0.1, 0.15) is 40.0 Å². The number of hydrazine groups is 1. The van der Waals surface area contributed by atoms with Gasteiger partial charge in [0.1, 0.15) is 0 Å². The van der Waals surface area contributed by atoms with E-state index in [2.05, 4.69) is 16.2 Å². The van der Waals surface area contributed by atoms with Gasteiger partial charge in [0.25, 0.3) is 11.8 Å². The van der Waals surface area contributed by atoms with E-state index in [9.17, 15) is 14.4 Å². The van der Waals surface area contributed by atoms with Crippen LogP contribution in [0.15, 0.2) is 24.3 Å². The van der Waals surface area contributed by atoms with Crippen LogP contribution in [0, 0.1) is 5.92 Å². The maximum absolute atomic E-state index is 12.1. The Bertz CT molecular complexity index is 612. The van der Waals surface area contributed by atoms with Gasteiger partial charge in [-0.15, -0.1) is 0 Å². The summed E-state index contributed by atoms with van der Waals surface area (Å²) in [5, 5.41) is 2.86. The van der Waals surface area contributed by atoms with Crippen LogP contribution < -0.4 is 16.2 Å². The molecule has 0 unspecified atom stereocenters. The molecule has 3 amide bonds. The van der Waals surface area contributed by atoms with E-state index in [0.29, 0.717) is 30.1 Å². The van der Waals surface area contributed by atoms with Crippen LogP contribution in [0.25, 0.3) is 0 Å². The molecule has 0 saturated heterocycles. The molecule has 7 heteroatoms. The van der Waals surface area contributed by atoms with E-state index < -0.39 is 5.91 Å². The van der Waals surface area contributed by atoms with E-state index in [-0.39, 0.29) is 18.2 Å². The van der Waals surface area contributed by atoms with E-state index in [1.807, 2.05) is 19.0 Å². The lowest BCUT2D eigenvalue weighted by Crippen LogP contribution is -2.42. The van der Waals surface area contributed by atoms with Crippen molar-refractivity contribution in [2.24, 2.45) is 5.92 Å². The summed E-state index contributed by atoms with van der Waals surface area (Å²) in [6.45, 7) is 1.27. The highest BCUT2D eigenvalue weighted by molar-refractivity contribution is 6.00. The molecule has 1 saturated carbocycles. The Balaban J connectivity index is 1.83. The Hall–Kier alpha value is -2.41. The lowest BCUT2D eigenvalue weighted by atomic mass is 10.1. The van der Waals surface area contributed by atoms with Gasteiger partial charge in [0.2, 0.25) is 5.91 Å². The number of hydrogen-bond donors (Lipinski definition) is 3. The topological polar surface area (TPSA) is 90.5 Å². The normalized spacial score (nSPS) is 13.5. The Labute approximate surface area is 141 Å². The SMILES string of the molecule is CN(C)CCC(=O)NNC(=O)c1cccc(C(=O)NCC2CC2)c1. The Morgan fingerprint density at radius 1 is 1.08 bits per heavy atom. The van der Waals surface area contributed by atoms with Crippen molar-refractivity contribution in [3.63, 3.8) is 0 Å². The number of benzene rings is 1. The number of nitrogens with one attached hydrogen (secondary N) is 3. The average Bonchev–Trinajstić information content (AvgIpc) is 3.40. The molecule has 1 aliphatic rings. The number of nitrogens with zero attached hydrogens (tertiary/aromatic N) is 1. The van der Waals surface area contributed by atoms with Crippen molar-refractivity contribution in [1.29, 1.82) is 0 Å². The fraction of sp³-hybridized carbons (Fsp3) is 0.471. The standard InChI is InChI=1S/C17H24N4O3/c1-21(2)9-8-15(22)19-20-17(24)14-5-3-4-13(10-14)16(23)18-11-12-6-7-12/h3-5,10,12H,6-9,11H2,1-2H3,(H,18,23)(H,19,22)(H,20,24). The molecule has 24 heavy (non-hydrogen) atoms. The zero-order valence-corrected chi connectivity index (χ0v) is 14.1. The molecule has 7 nitrogen and oxygen atoms in total. The van der Waals surface area contributed by atoms with Crippen molar-refractivity contribution >= 4 is 17.7 Å². The third-order valence-electron chi connectivity index (χ3n) is 3.74. The summed E-state index contributed by atoms with van der Waals surface area (Å²) in [4.78, 5) is 37.6. The monoisotopic (exact) mass is 332 g/mol. The average molecular weight is 332 g/mol. The highest BCUT2D eigenvalue weighted by Gasteiger charge is 2.22. The van der Waals surface area contributed by atoms with Gasteiger partial charge < -0.3 is 10.2 Å². The van der Waals surface area contributed by atoms with Gasteiger partial charge in [0, 0.05) is 30.6 Å². The minimum absolute atomic E-state index is 0.188. The summed E-state index contributed by atoms with van der Waals surface area (Å²) < 4.78 is 0. The van der Waals surface area contributed by atoms with Crippen LogP contribution in [-0.4, -0.2) is 49.8 Å². The Morgan fingerprint density at radius 2 is 1.75 bits per heavy atom. The molecular weight excluding hydrogens is 308 g/mol. The number of carbonyl (C=O) groups is 3. The summed E-state index contributed by atoms with van der Waals surface area (Å²) in [6, 6.07) is 6.42. The third-order valence-corrected chi connectivity index (χ3v) is 3.74. The largest absolute Gasteiger partial charge is 0.352 e. The lowest BCUT2D eigenvalue weighted by Gasteiger charge is -2.11. The number of amides is 3. The molecule has 0 aromatic heterocycles. The highest BCUT2D eigenvalue weighted by Crippen LogP contribution is 2.27. The van der Waals surface area contributed by atoms with Crippen molar-refractivity contribution in [3.8, 4) is 0 Å². The third kappa shape index (κ3) is 6.00. The smallest absolute Gasteiger partial charge is 0.269 e. The van der Waals surface area contributed by atoms with Gasteiger partial charge in [0.05, 0.1) is 0 Å². The summed E-state index contributed by atoms with van der Waals surface area (Å²) in [5.74, 6) is -0.315. The number of rotatable bonds is 7. The molecule has 2 rings (SSSR count). The maximum Gasteiger partial charge on any atom is 0.269 e. The molecule has 0 bridgehead atoms. The van der Waals surface area contributed by atoms with Gasteiger partial charge in [-0.1, -0.05) is 6.07 Å². The summed E-state index contributed by atoms with van der Waals surface area (Å²) in [5.41, 5.74) is 5.48. The first-order valence-electron chi connectivity index (χ1n) is 8.08. The molecule has 1 aliphatic carbocycles. The molecule has 1 aromatic carbocycles. The molecule has 3 N–H and O–H groups in total. The minimum Gasteiger partial charge on any atom is -0.352 e. The first-order valence-corrected chi connectivity index (χ1v) is 8.08. The molecule has 0 heterocycles. The summed E-state index contributed by atoms with van der Waals surface area (Å²) in [7, 11) is 3.73. The molecule has 0 spiro atoms. The van der Waals surface area contributed by atoms with Gasteiger partial charge in [-0.25, -0.2) is 0 Å². The van der Waals surface area contributed by atoms with Gasteiger partial charge in [0.15, 0.2) is 0 Å². The minimum atomic E-state index is -0.454. The highest BCUT2D eigenvalue weighted by atomic mass is 16.2. The van der Waals surface area contributed by atoms with Gasteiger partial charge in [-0.05, 0) is 51.1 Å². The fourth-order valence-corrected chi connectivity index (χ4v) is 2.05. The van der Waals surface area contributed by atoms with Crippen LogP contribution in [-0.2, 0) is 4.79 Å². The predicted molar refractivity (Wildman–Crippen MR) is 90.3 cm³/mol. The number of hydrogen-bond acceptors (Lipinski definition) is 4. The van der Waals surface area contributed by atoms with E-state index in [1.165, 1.54) is 6.07 Å². The van der Waals surface area contributed by atoms with Crippen LogP contribution in [0.5, 0.6) is 0 Å². The molecular formula is C17H24N4O3. The second-order valence-electron chi connectivity index (χ2n) is 6.29. The van der Waals surface area contributed by atoms with Crippen LogP contribution in [0.4, 0.5) is 0 Å². The lowest BCUT2D eigenvalue weighted by molar-refractivity contribution is -0.122. The van der Waals surface area contributed by atoms with Crippen LogP contribution in [0.3, 0.4) is 0 Å². The van der Waals surface area contributed by atoms with Gasteiger partial charge >= 0.3 is 0 Å². The molecule has 1 fully saturated rings. The first-order chi connectivity index (χ1) is 11.5. The van der Waals surface area contributed by atoms with E-state index in [0.717, 1.165) is 12.8 Å². The van der Waals surface area contributed by atoms with E-state index >= 15 is 0 Å². The first kappa shape index (κ1) is 17.9. The maximum atomic E-state index is 12.1. The van der Waals surface area contributed by atoms with E-state index in [1.54, 1.807) is 18.2 Å². The van der Waals surface area contributed by atoms with Crippen molar-refractivity contribution in [1.82, 2.24) is 21.1 Å². The van der Waals surface area contributed by atoms with Crippen molar-refractivity contribution in [2.75, 3.05) is 27.2 Å². The molecule has 0 aliphatic heterocycles. The van der Waals surface area contributed by atoms with Gasteiger partial charge in [-0.2, -0.15) is 0 Å². The second-order valence-corrected chi connectivity index (χ2v) is 6.29. The number of carbonyl (C=O) groups excluding carboxylic acids is 3. The zero-order valence-electron chi connectivity index (χ0n) is 14.1. The molecule has 1 aromatic rings. The Morgan fingerprint density at radius 3 is 2.38 bits per heavy atom. The second kappa shape index (κ2) is 8.44. The van der Waals surface area contributed by atoms with E-state index in [4.69, 9.17) is 0 Å². The van der Waals surface area contributed by atoms with Crippen molar-refractivity contribution in [3.05, 3.63) is 35.4 Å². The fourth-order valence-electron chi connectivity index (χ4n) is 2.05. The predicted octanol–water partition coefficient (Wildman–Crippen LogP) is 0.539. The van der Waals surface area contributed by atoms with Gasteiger partial charge in [-0.3, -0.25) is 25.2 Å².